The zero-order valence-electron chi connectivity index (χ0n) is 16.4. The highest BCUT2D eigenvalue weighted by atomic mass is 16.5. The summed E-state index contributed by atoms with van der Waals surface area (Å²) in [6, 6.07) is 13.8. The Bertz CT molecular complexity index is 816. The number of nitrogens with zero attached hydrogens (tertiary/aromatic N) is 1. The number of benzene rings is 1. The van der Waals surface area contributed by atoms with Gasteiger partial charge in [-0.25, -0.2) is 0 Å². The number of nitrogens with one attached hydrogen (secondary N) is 1. The molecule has 1 N–H and O–H groups in total. The lowest BCUT2D eigenvalue weighted by molar-refractivity contribution is -0.117. The Labute approximate surface area is 167 Å². The van der Waals surface area contributed by atoms with Crippen LogP contribution >= 0.6 is 0 Å². The molecule has 4 unspecified atom stereocenters. The second-order valence-corrected chi connectivity index (χ2v) is 8.15. The SMILES string of the molecule is CC(NC(=O)/C=C/c1ccc(OCc2ccccn2)cc1)C1CC2CCC1C2. The molecule has 2 fully saturated rings. The van der Waals surface area contributed by atoms with E-state index >= 15 is 0 Å². The third-order valence-corrected chi connectivity index (χ3v) is 6.23. The number of amides is 1. The van der Waals surface area contributed by atoms with Crippen molar-refractivity contribution in [1.82, 2.24) is 10.3 Å². The van der Waals surface area contributed by atoms with E-state index < -0.39 is 0 Å². The van der Waals surface area contributed by atoms with Gasteiger partial charge in [-0.05, 0) is 79.8 Å². The predicted molar refractivity (Wildman–Crippen MR) is 111 cm³/mol. The monoisotopic (exact) mass is 376 g/mol. The number of hydrogen-bond donors (Lipinski definition) is 1. The van der Waals surface area contributed by atoms with E-state index in [1.165, 1.54) is 25.7 Å². The Morgan fingerprint density at radius 2 is 2.07 bits per heavy atom. The molecule has 2 saturated carbocycles. The highest BCUT2D eigenvalue weighted by molar-refractivity contribution is 5.91. The summed E-state index contributed by atoms with van der Waals surface area (Å²) in [4.78, 5) is 16.5. The fourth-order valence-corrected chi connectivity index (χ4v) is 4.77. The standard InChI is InChI=1S/C24H28N2O2/c1-17(23-15-19-5-9-20(23)14-19)26-24(27)12-8-18-6-10-22(11-7-18)28-16-21-4-2-3-13-25-21/h2-4,6-8,10-13,17,19-20,23H,5,9,14-16H2,1H3,(H,26,27)/b12-8+. The summed E-state index contributed by atoms with van der Waals surface area (Å²) in [7, 11) is 0. The maximum Gasteiger partial charge on any atom is 0.244 e. The van der Waals surface area contributed by atoms with Crippen LogP contribution in [0.5, 0.6) is 5.75 Å². The van der Waals surface area contributed by atoms with Crippen molar-refractivity contribution in [3.63, 3.8) is 0 Å². The normalized spacial score (nSPS) is 24.4. The molecule has 146 valence electrons. The lowest BCUT2D eigenvalue weighted by Gasteiger charge is -2.28. The molecule has 4 atom stereocenters. The van der Waals surface area contributed by atoms with E-state index in [2.05, 4.69) is 17.2 Å². The van der Waals surface area contributed by atoms with E-state index in [0.29, 0.717) is 12.5 Å². The van der Waals surface area contributed by atoms with Gasteiger partial charge in [0.2, 0.25) is 5.91 Å². The molecule has 1 aromatic carbocycles. The minimum atomic E-state index is -0.00856. The molecule has 2 bridgehead atoms. The van der Waals surface area contributed by atoms with Gasteiger partial charge in [0.05, 0.1) is 5.69 Å². The average molecular weight is 377 g/mol. The van der Waals surface area contributed by atoms with Gasteiger partial charge in [-0.3, -0.25) is 9.78 Å². The van der Waals surface area contributed by atoms with Crippen molar-refractivity contribution in [3.05, 3.63) is 66.0 Å². The van der Waals surface area contributed by atoms with Gasteiger partial charge in [0.1, 0.15) is 12.4 Å². The lowest BCUT2D eigenvalue weighted by Crippen LogP contribution is -2.39. The van der Waals surface area contributed by atoms with Crippen molar-refractivity contribution in [3.8, 4) is 5.75 Å². The van der Waals surface area contributed by atoms with E-state index in [9.17, 15) is 4.79 Å². The molecule has 1 aromatic heterocycles. The first-order chi connectivity index (χ1) is 13.7. The number of rotatable bonds is 7. The minimum Gasteiger partial charge on any atom is -0.487 e. The Hall–Kier alpha value is -2.62. The molecule has 0 spiro atoms. The second-order valence-electron chi connectivity index (χ2n) is 8.15. The lowest BCUT2D eigenvalue weighted by atomic mass is 9.84. The summed E-state index contributed by atoms with van der Waals surface area (Å²) < 4.78 is 5.74. The molecule has 2 aromatic rings. The summed E-state index contributed by atoms with van der Waals surface area (Å²) in [5.41, 5.74) is 1.88. The van der Waals surface area contributed by atoms with Crippen LogP contribution in [0.2, 0.25) is 0 Å². The number of ether oxygens (including phenoxy) is 1. The zero-order valence-corrected chi connectivity index (χ0v) is 16.4. The van der Waals surface area contributed by atoms with Crippen LogP contribution in [0.15, 0.2) is 54.7 Å². The molecule has 2 aliphatic carbocycles. The number of fused-ring (bicyclic) bond motifs is 2. The molecule has 28 heavy (non-hydrogen) atoms. The Morgan fingerprint density at radius 1 is 1.21 bits per heavy atom. The molecule has 0 aliphatic heterocycles. The smallest absolute Gasteiger partial charge is 0.244 e. The fraction of sp³-hybridized carbons (Fsp3) is 0.417. The Kier molecular flexibility index (Phi) is 5.75. The molecular formula is C24H28N2O2. The maximum atomic E-state index is 12.3. The third kappa shape index (κ3) is 4.61. The van der Waals surface area contributed by atoms with Crippen molar-refractivity contribution < 1.29 is 9.53 Å². The number of aromatic nitrogens is 1. The van der Waals surface area contributed by atoms with Crippen molar-refractivity contribution in [2.75, 3.05) is 0 Å². The molecule has 1 amide bonds. The second kappa shape index (κ2) is 8.59. The maximum absolute atomic E-state index is 12.3. The first kappa shape index (κ1) is 18.7. The van der Waals surface area contributed by atoms with Crippen molar-refractivity contribution in [1.29, 1.82) is 0 Å². The molecule has 0 radical (unpaired) electrons. The minimum absolute atomic E-state index is 0.00856. The Balaban J connectivity index is 1.25. The summed E-state index contributed by atoms with van der Waals surface area (Å²) in [5.74, 6) is 3.17. The van der Waals surface area contributed by atoms with Gasteiger partial charge in [-0.1, -0.05) is 24.6 Å². The van der Waals surface area contributed by atoms with Gasteiger partial charge in [0, 0.05) is 18.3 Å². The van der Waals surface area contributed by atoms with Crippen molar-refractivity contribution in [2.24, 2.45) is 17.8 Å². The zero-order chi connectivity index (χ0) is 19.3. The summed E-state index contributed by atoms with van der Waals surface area (Å²) in [5, 5.41) is 3.17. The molecule has 4 heteroatoms. The van der Waals surface area contributed by atoms with Gasteiger partial charge in [-0.15, -0.1) is 0 Å². The van der Waals surface area contributed by atoms with Crippen LogP contribution in [-0.2, 0) is 11.4 Å². The van der Waals surface area contributed by atoms with Crippen LogP contribution in [0.1, 0.15) is 43.9 Å². The van der Waals surface area contributed by atoms with E-state index in [1.807, 2.05) is 48.5 Å². The topological polar surface area (TPSA) is 51.2 Å². The van der Waals surface area contributed by atoms with Crippen LogP contribution in [0, 0.1) is 17.8 Å². The van der Waals surface area contributed by atoms with E-state index in [-0.39, 0.29) is 11.9 Å². The molecule has 4 nitrogen and oxygen atoms in total. The fourth-order valence-electron chi connectivity index (χ4n) is 4.77. The van der Waals surface area contributed by atoms with E-state index in [1.54, 1.807) is 12.3 Å². The van der Waals surface area contributed by atoms with Gasteiger partial charge in [0.25, 0.3) is 0 Å². The van der Waals surface area contributed by atoms with Gasteiger partial charge in [-0.2, -0.15) is 0 Å². The van der Waals surface area contributed by atoms with Crippen molar-refractivity contribution >= 4 is 12.0 Å². The Morgan fingerprint density at radius 3 is 2.75 bits per heavy atom. The molecule has 4 rings (SSSR count). The summed E-state index contributed by atoms with van der Waals surface area (Å²) >= 11 is 0. The van der Waals surface area contributed by atoms with E-state index in [0.717, 1.165) is 28.8 Å². The van der Waals surface area contributed by atoms with Crippen LogP contribution in [0.4, 0.5) is 0 Å². The first-order valence-corrected chi connectivity index (χ1v) is 10.3. The quantitative estimate of drug-likeness (QED) is 0.718. The highest BCUT2D eigenvalue weighted by Crippen LogP contribution is 2.49. The third-order valence-electron chi connectivity index (χ3n) is 6.23. The summed E-state index contributed by atoms with van der Waals surface area (Å²) in [6.45, 7) is 2.60. The van der Waals surface area contributed by atoms with Gasteiger partial charge < -0.3 is 10.1 Å². The largest absolute Gasteiger partial charge is 0.487 e. The van der Waals surface area contributed by atoms with E-state index in [4.69, 9.17) is 4.74 Å². The molecular weight excluding hydrogens is 348 g/mol. The van der Waals surface area contributed by atoms with Crippen molar-refractivity contribution in [2.45, 2.75) is 45.3 Å². The number of pyridine rings is 1. The van der Waals surface area contributed by atoms with Gasteiger partial charge >= 0.3 is 0 Å². The summed E-state index contributed by atoms with van der Waals surface area (Å²) in [6.07, 6.45) is 10.6. The van der Waals surface area contributed by atoms with Crippen LogP contribution < -0.4 is 10.1 Å². The first-order valence-electron chi connectivity index (χ1n) is 10.3. The van der Waals surface area contributed by atoms with Crippen LogP contribution in [0.3, 0.4) is 0 Å². The van der Waals surface area contributed by atoms with Crippen LogP contribution in [-0.4, -0.2) is 16.9 Å². The highest BCUT2D eigenvalue weighted by Gasteiger charge is 2.41. The molecule has 2 aliphatic rings. The van der Waals surface area contributed by atoms with Gasteiger partial charge in [0.15, 0.2) is 0 Å². The number of hydrogen-bond acceptors (Lipinski definition) is 3. The predicted octanol–water partition coefficient (Wildman–Crippen LogP) is 4.61. The number of carbonyl (C=O) groups excluding carboxylic acids is 1. The molecule has 0 saturated heterocycles. The number of carbonyl (C=O) groups is 1. The molecule has 1 heterocycles. The van der Waals surface area contributed by atoms with Crippen LogP contribution in [0.25, 0.3) is 6.08 Å². The average Bonchev–Trinajstić information content (AvgIpc) is 3.36.